The van der Waals surface area contributed by atoms with E-state index in [0.29, 0.717) is 22.3 Å². The van der Waals surface area contributed by atoms with Crippen LogP contribution in [0.3, 0.4) is 0 Å². The Hall–Kier alpha value is -6.02. The highest BCUT2D eigenvalue weighted by Crippen LogP contribution is 2.56. The molecule has 5 rings (SSSR count). The fourth-order valence-corrected chi connectivity index (χ4v) is 6.41. The molecule has 1 aliphatic rings. The molecule has 272 valence electrons. The summed E-state index contributed by atoms with van der Waals surface area (Å²) in [7, 11) is 0. The third-order valence-electron chi connectivity index (χ3n) is 9.19. The molecule has 0 unspecified atom stereocenters. The molecule has 1 aliphatic carbocycles. The zero-order valence-electron chi connectivity index (χ0n) is 30.9. The highest BCUT2D eigenvalue weighted by atomic mass is 16.5. The summed E-state index contributed by atoms with van der Waals surface area (Å²) in [6.45, 7) is 19.1. The highest BCUT2D eigenvalue weighted by molar-refractivity contribution is 5.89. The van der Waals surface area contributed by atoms with Gasteiger partial charge in [0.25, 0.3) is 0 Å². The summed E-state index contributed by atoms with van der Waals surface area (Å²) < 4.78 is 22.5. The van der Waals surface area contributed by atoms with Crippen LogP contribution >= 0.6 is 0 Å². The van der Waals surface area contributed by atoms with Crippen LogP contribution in [0.1, 0.15) is 79.1 Å². The zero-order valence-corrected chi connectivity index (χ0v) is 30.9. The van der Waals surface area contributed by atoms with Crippen molar-refractivity contribution in [1.29, 1.82) is 0 Å². The van der Waals surface area contributed by atoms with Gasteiger partial charge in [0.2, 0.25) is 0 Å². The summed E-state index contributed by atoms with van der Waals surface area (Å²) in [5, 5.41) is 0. The molecule has 0 saturated carbocycles. The minimum Gasteiger partial charge on any atom is -0.461 e. The lowest BCUT2D eigenvalue weighted by molar-refractivity contribution is -0.149. The fraction of sp³-hybridized carbons (Fsp3) is 0.244. The Balaban J connectivity index is 1.75. The Bertz CT molecular complexity index is 2090. The minimum atomic E-state index is -0.909. The number of carbonyl (C=O) groups is 4. The van der Waals surface area contributed by atoms with Gasteiger partial charge >= 0.3 is 23.9 Å². The molecule has 4 aromatic rings. The molecule has 0 aliphatic heterocycles. The summed E-state index contributed by atoms with van der Waals surface area (Å²) in [5.74, 6) is -2.28. The van der Waals surface area contributed by atoms with Gasteiger partial charge in [-0.25, -0.2) is 14.4 Å². The zero-order chi connectivity index (χ0) is 38.4. The normalized spacial score (nSPS) is 12.3. The van der Waals surface area contributed by atoms with Gasteiger partial charge in [-0.05, 0) is 76.4 Å². The molecule has 0 fully saturated rings. The number of rotatable bonds is 14. The Kier molecular flexibility index (Phi) is 11.6. The Morgan fingerprint density at radius 3 is 1.26 bits per heavy atom. The minimum absolute atomic E-state index is 0.00669. The van der Waals surface area contributed by atoms with Gasteiger partial charge in [0.05, 0.1) is 11.3 Å². The molecule has 0 N–H and O–H groups in total. The molecule has 0 radical (unpaired) electrons. The predicted molar refractivity (Wildman–Crippen MR) is 202 cm³/mol. The van der Waals surface area contributed by atoms with E-state index in [1.807, 2.05) is 60.7 Å². The van der Waals surface area contributed by atoms with Crippen LogP contribution in [0.5, 0.6) is 0 Å². The molecule has 0 amide bonds. The van der Waals surface area contributed by atoms with Crippen molar-refractivity contribution < 1.29 is 38.1 Å². The number of carbonyl (C=O) groups excluding carboxylic acids is 4. The summed E-state index contributed by atoms with van der Waals surface area (Å²) in [4.78, 5) is 50.1. The van der Waals surface area contributed by atoms with Gasteiger partial charge < -0.3 is 18.9 Å². The first-order valence-electron chi connectivity index (χ1n) is 17.3. The molecule has 0 aromatic heterocycles. The van der Waals surface area contributed by atoms with Gasteiger partial charge in [0.1, 0.15) is 26.4 Å². The molecule has 0 bridgehead atoms. The van der Waals surface area contributed by atoms with Crippen molar-refractivity contribution in [1.82, 2.24) is 0 Å². The first-order chi connectivity index (χ1) is 25.2. The smallest absolute Gasteiger partial charge is 0.333 e. The van der Waals surface area contributed by atoms with Gasteiger partial charge in [-0.15, -0.1) is 0 Å². The molecule has 8 heteroatoms. The Morgan fingerprint density at radius 1 is 0.528 bits per heavy atom. The van der Waals surface area contributed by atoms with E-state index >= 15 is 0 Å². The Labute approximate surface area is 310 Å². The van der Waals surface area contributed by atoms with E-state index < -0.39 is 23.3 Å². The number of fused-ring (bicyclic) bond motifs is 3. The molecule has 0 heterocycles. The molecular weight excluding hydrogens is 668 g/mol. The third-order valence-corrected chi connectivity index (χ3v) is 9.19. The lowest BCUT2D eigenvalue weighted by Crippen LogP contribution is -2.29. The van der Waals surface area contributed by atoms with Crippen molar-refractivity contribution in [3.63, 3.8) is 0 Å². The van der Waals surface area contributed by atoms with Gasteiger partial charge in [0.15, 0.2) is 0 Å². The topological polar surface area (TPSA) is 105 Å². The summed E-state index contributed by atoms with van der Waals surface area (Å²) in [6.07, 6.45) is 0. The first-order valence-corrected chi connectivity index (χ1v) is 17.3. The van der Waals surface area contributed by atoms with Crippen molar-refractivity contribution in [2.24, 2.45) is 5.92 Å². The largest absolute Gasteiger partial charge is 0.461 e. The fourth-order valence-electron chi connectivity index (χ4n) is 6.41. The molecule has 0 atom stereocenters. The molecular formula is C45H44O8. The van der Waals surface area contributed by atoms with Crippen molar-refractivity contribution in [3.8, 4) is 11.1 Å². The van der Waals surface area contributed by atoms with Crippen LogP contribution in [-0.4, -0.2) is 23.9 Å². The summed E-state index contributed by atoms with van der Waals surface area (Å²) in [6, 6.07) is 28.1. The quantitative estimate of drug-likeness (QED) is 0.0641. The molecule has 8 nitrogen and oxygen atoms in total. The van der Waals surface area contributed by atoms with Crippen molar-refractivity contribution in [3.05, 3.63) is 166 Å². The molecule has 0 saturated heterocycles. The van der Waals surface area contributed by atoms with Crippen LogP contribution in [-0.2, 0) is 70.0 Å². The van der Waals surface area contributed by atoms with E-state index in [1.165, 1.54) is 0 Å². The van der Waals surface area contributed by atoms with E-state index in [2.05, 4.69) is 44.0 Å². The number of hydrogen-bond donors (Lipinski definition) is 0. The van der Waals surface area contributed by atoms with E-state index in [1.54, 1.807) is 34.6 Å². The standard InChI is InChI=1S/C45H44O8/c1-27(2)41(46)50-23-31-17-19-35(21-33(31)25-52-43(48)29(5)6)45(39-15-11-9-13-37(39)38-14-10-12-16-40(38)45)36-20-18-32(24-51-42(47)28(3)4)34(22-36)26-53-44(49)30(7)8/h9-22,28H,1,5,7,23-26H2,2-4,6,8H3. The second-order valence-corrected chi connectivity index (χ2v) is 13.6. The van der Waals surface area contributed by atoms with Gasteiger partial charge in [-0.1, -0.05) is 119 Å². The van der Waals surface area contributed by atoms with Gasteiger partial charge in [-0.3, -0.25) is 4.79 Å². The second kappa shape index (κ2) is 16.1. The average Bonchev–Trinajstić information content (AvgIpc) is 3.45. The van der Waals surface area contributed by atoms with Crippen LogP contribution in [0, 0.1) is 5.92 Å². The van der Waals surface area contributed by atoms with Crippen LogP contribution in [0.25, 0.3) is 11.1 Å². The first kappa shape index (κ1) is 38.2. The van der Waals surface area contributed by atoms with Crippen molar-refractivity contribution >= 4 is 23.9 Å². The van der Waals surface area contributed by atoms with Crippen LogP contribution < -0.4 is 0 Å². The number of ether oxygens (including phenoxy) is 4. The lowest BCUT2D eigenvalue weighted by Gasteiger charge is -2.35. The van der Waals surface area contributed by atoms with E-state index in [4.69, 9.17) is 18.9 Å². The second-order valence-electron chi connectivity index (χ2n) is 13.6. The number of esters is 4. The number of benzene rings is 4. The summed E-state index contributed by atoms with van der Waals surface area (Å²) in [5.41, 5.74) is 8.35. The average molecular weight is 713 g/mol. The highest BCUT2D eigenvalue weighted by Gasteiger charge is 2.46. The molecule has 0 spiro atoms. The predicted octanol–water partition coefficient (Wildman–Crippen LogP) is 8.61. The molecule has 4 aromatic carbocycles. The van der Waals surface area contributed by atoms with Crippen molar-refractivity contribution in [2.45, 2.75) is 66.5 Å². The van der Waals surface area contributed by atoms with Crippen LogP contribution in [0.2, 0.25) is 0 Å². The Morgan fingerprint density at radius 2 is 0.887 bits per heavy atom. The maximum Gasteiger partial charge on any atom is 0.333 e. The van der Waals surface area contributed by atoms with E-state index in [9.17, 15) is 19.2 Å². The van der Waals surface area contributed by atoms with Gasteiger partial charge in [-0.2, -0.15) is 0 Å². The lowest BCUT2D eigenvalue weighted by atomic mass is 9.67. The molecule has 53 heavy (non-hydrogen) atoms. The monoisotopic (exact) mass is 712 g/mol. The van der Waals surface area contributed by atoms with Crippen LogP contribution in [0.4, 0.5) is 0 Å². The van der Waals surface area contributed by atoms with E-state index in [-0.39, 0.29) is 55.0 Å². The maximum absolute atomic E-state index is 12.6. The van der Waals surface area contributed by atoms with Crippen molar-refractivity contribution in [2.75, 3.05) is 0 Å². The van der Waals surface area contributed by atoms with Crippen LogP contribution in [0.15, 0.2) is 121 Å². The maximum atomic E-state index is 12.6. The summed E-state index contributed by atoms with van der Waals surface area (Å²) >= 11 is 0. The van der Waals surface area contributed by atoms with E-state index in [0.717, 1.165) is 33.4 Å². The third kappa shape index (κ3) is 7.92. The van der Waals surface area contributed by atoms with Gasteiger partial charge in [0, 0.05) is 16.7 Å². The number of hydrogen-bond acceptors (Lipinski definition) is 8. The SMILES string of the molecule is C=C(C)C(=O)OCc1ccc(C2(c3ccc(COC(=O)C(C)C)c(COC(=O)C(=C)C)c3)c3ccccc3-c3ccccc32)cc1COC(=O)C(=C)C.